The van der Waals surface area contributed by atoms with Crippen LogP contribution in [-0.2, 0) is 0 Å². The first-order chi connectivity index (χ1) is 8.16. The lowest BCUT2D eigenvalue weighted by Crippen LogP contribution is -2.47. The number of carbonyl (C=O) groups excluding carboxylic acids is 1. The van der Waals surface area contributed by atoms with Crippen LogP contribution in [0.1, 0.15) is 48.5 Å². The van der Waals surface area contributed by atoms with Gasteiger partial charge in [-0.2, -0.15) is 0 Å². The Balaban J connectivity index is 1.68. The van der Waals surface area contributed by atoms with Gasteiger partial charge in [0.1, 0.15) is 5.82 Å². The maximum absolute atomic E-state index is 12.0. The molecular weight excluding hydrogens is 218 g/mol. The molecule has 6 heteroatoms. The van der Waals surface area contributed by atoms with Gasteiger partial charge < -0.3 is 10.6 Å². The van der Waals surface area contributed by atoms with Crippen molar-refractivity contribution in [3.05, 3.63) is 11.6 Å². The quantitative estimate of drug-likeness (QED) is 0.697. The number of hydrogen-bond acceptors (Lipinski definition) is 4. The van der Waals surface area contributed by atoms with Gasteiger partial charge in [0.15, 0.2) is 0 Å². The van der Waals surface area contributed by atoms with Crippen molar-refractivity contribution in [2.24, 2.45) is 0 Å². The summed E-state index contributed by atoms with van der Waals surface area (Å²) in [6.45, 7) is 3.79. The second kappa shape index (κ2) is 3.80. The van der Waals surface area contributed by atoms with Gasteiger partial charge in [-0.3, -0.25) is 9.89 Å². The first-order valence-corrected chi connectivity index (χ1v) is 6.12. The fourth-order valence-corrected chi connectivity index (χ4v) is 2.17. The molecule has 1 aromatic rings. The number of rotatable bonds is 3. The Morgan fingerprint density at radius 2 is 2.35 bits per heavy atom. The maximum atomic E-state index is 12.0. The molecule has 1 unspecified atom stereocenters. The summed E-state index contributed by atoms with van der Waals surface area (Å²) in [6, 6.07) is 0. The monoisotopic (exact) mass is 235 g/mol. The molecule has 2 heterocycles. The highest BCUT2D eigenvalue weighted by atomic mass is 16.2. The summed E-state index contributed by atoms with van der Waals surface area (Å²) in [5.41, 5.74) is -0.169. The van der Waals surface area contributed by atoms with E-state index in [2.05, 4.69) is 25.8 Å². The van der Waals surface area contributed by atoms with Crippen LogP contribution in [0.4, 0.5) is 0 Å². The van der Waals surface area contributed by atoms with E-state index in [4.69, 9.17) is 0 Å². The van der Waals surface area contributed by atoms with E-state index in [-0.39, 0.29) is 17.3 Å². The molecule has 1 aliphatic heterocycles. The van der Waals surface area contributed by atoms with E-state index in [1.165, 1.54) is 0 Å². The van der Waals surface area contributed by atoms with Crippen molar-refractivity contribution in [2.75, 3.05) is 13.1 Å². The van der Waals surface area contributed by atoms with Gasteiger partial charge in [0, 0.05) is 12.5 Å². The largest absolute Gasteiger partial charge is 0.343 e. The van der Waals surface area contributed by atoms with Crippen LogP contribution in [0, 0.1) is 0 Å². The van der Waals surface area contributed by atoms with Crippen LogP contribution in [0.5, 0.6) is 0 Å². The standard InChI is InChI=1S/C11H17N5O/c1-11(4-5-12-6-11)14-10(17)9-13-8(15-16-9)7-2-3-7/h7,12H,2-6H2,1H3,(H,14,17)(H,13,15,16). The molecule has 3 N–H and O–H groups in total. The lowest BCUT2D eigenvalue weighted by atomic mass is 10.0. The predicted molar refractivity (Wildman–Crippen MR) is 61.7 cm³/mol. The van der Waals surface area contributed by atoms with Crippen molar-refractivity contribution in [3.63, 3.8) is 0 Å². The second-order valence-electron chi connectivity index (χ2n) is 5.26. The Bertz CT molecular complexity index is 431. The number of H-pyrrole nitrogens is 1. The number of carbonyl (C=O) groups is 1. The fraction of sp³-hybridized carbons (Fsp3) is 0.727. The van der Waals surface area contributed by atoms with Crippen molar-refractivity contribution in [1.82, 2.24) is 25.8 Å². The Kier molecular flexibility index (Phi) is 2.39. The van der Waals surface area contributed by atoms with E-state index < -0.39 is 0 Å². The molecule has 1 aliphatic carbocycles. The van der Waals surface area contributed by atoms with Gasteiger partial charge in [-0.05, 0) is 32.7 Å². The Hall–Kier alpha value is -1.43. The molecule has 0 bridgehead atoms. The highest BCUT2D eigenvalue weighted by Crippen LogP contribution is 2.37. The zero-order chi connectivity index (χ0) is 11.9. The van der Waals surface area contributed by atoms with Crippen LogP contribution in [0.15, 0.2) is 0 Å². The Labute approximate surface area is 99.6 Å². The molecule has 1 atom stereocenters. The van der Waals surface area contributed by atoms with E-state index >= 15 is 0 Å². The second-order valence-corrected chi connectivity index (χ2v) is 5.26. The summed E-state index contributed by atoms with van der Waals surface area (Å²) in [6.07, 6.45) is 3.24. The third-order valence-corrected chi connectivity index (χ3v) is 3.45. The van der Waals surface area contributed by atoms with E-state index in [1.54, 1.807) is 0 Å². The molecule has 6 nitrogen and oxygen atoms in total. The zero-order valence-corrected chi connectivity index (χ0v) is 9.92. The first kappa shape index (κ1) is 10.7. The topological polar surface area (TPSA) is 82.7 Å². The van der Waals surface area contributed by atoms with Gasteiger partial charge in [0.05, 0.1) is 5.54 Å². The molecule has 17 heavy (non-hydrogen) atoms. The van der Waals surface area contributed by atoms with Gasteiger partial charge in [0.2, 0.25) is 5.82 Å². The van der Waals surface area contributed by atoms with Crippen molar-refractivity contribution in [2.45, 2.75) is 37.6 Å². The zero-order valence-electron chi connectivity index (χ0n) is 9.92. The maximum Gasteiger partial charge on any atom is 0.291 e. The minimum atomic E-state index is -0.181. The fourth-order valence-electron chi connectivity index (χ4n) is 2.17. The normalized spacial score (nSPS) is 28.3. The summed E-state index contributed by atoms with van der Waals surface area (Å²) in [5, 5.41) is 13.1. The average Bonchev–Trinajstić information content (AvgIpc) is 2.87. The van der Waals surface area contributed by atoms with E-state index in [1.807, 2.05) is 6.92 Å². The van der Waals surface area contributed by atoms with Gasteiger partial charge >= 0.3 is 0 Å². The van der Waals surface area contributed by atoms with Crippen LogP contribution < -0.4 is 10.6 Å². The van der Waals surface area contributed by atoms with E-state index in [0.29, 0.717) is 5.92 Å². The summed E-state index contributed by atoms with van der Waals surface area (Å²) in [5.74, 6) is 1.43. The van der Waals surface area contributed by atoms with Gasteiger partial charge in [-0.25, -0.2) is 4.98 Å². The molecule has 2 aliphatic rings. The van der Waals surface area contributed by atoms with E-state index in [9.17, 15) is 4.79 Å². The molecule has 3 rings (SSSR count). The molecule has 2 fully saturated rings. The average molecular weight is 235 g/mol. The molecule has 0 aromatic carbocycles. The van der Waals surface area contributed by atoms with Gasteiger partial charge in [-0.15, -0.1) is 5.10 Å². The molecular formula is C11H17N5O. The van der Waals surface area contributed by atoms with Gasteiger partial charge in [-0.1, -0.05) is 0 Å². The Morgan fingerprint density at radius 1 is 1.53 bits per heavy atom. The SMILES string of the molecule is CC1(NC(=O)c2n[nH]c(C3CC3)n2)CCNC1. The lowest BCUT2D eigenvalue weighted by Gasteiger charge is -2.23. The smallest absolute Gasteiger partial charge is 0.291 e. The number of aromatic amines is 1. The van der Waals surface area contributed by atoms with Crippen LogP contribution in [0.3, 0.4) is 0 Å². The van der Waals surface area contributed by atoms with Crippen molar-refractivity contribution >= 4 is 5.91 Å². The lowest BCUT2D eigenvalue weighted by molar-refractivity contribution is 0.0902. The minimum Gasteiger partial charge on any atom is -0.343 e. The summed E-state index contributed by atoms with van der Waals surface area (Å²) in [4.78, 5) is 16.2. The van der Waals surface area contributed by atoms with Crippen molar-refractivity contribution in [3.8, 4) is 0 Å². The highest BCUT2D eigenvalue weighted by Gasteiger charge is 2.32. The van der Waals surface area contributed by atoms with Crippen LogP contribution >= 0.6 is 0 Å². The van der Waals surface area contributed by atoms with Crippen LogP contribution in [0.25, 0.3) is 0 Å². The van der Waals surface area contributed by atoms with Gasteiger partial charge in [0.25, 0.3) is 5.91 Å². The third-order valence-electron chi connectivity index (χ3n) is 3.45. The summed E-state index contributed by atoms with van der Waals surface area (Å²) < 4.78 is 0. The van der Waals surface area contributed by atoms with Crippen molar-refractivity contribution in [1.29, 1.82) is 0 Å². The molecule has 1 amide bonds. The summed E-state index contributed by atoms with van der Waals surface area (Å²) in [7, 11) is 0. The number of nitrogens with one attached hydrogen (secondary N) is 3. The molecule has 0 radical (unpaired) electrons. The molecule has 0 spiro atoms. The third kappa shape index (κ3) is 2.17. The van der Waals surface area contributed by atoms with Crippen molar-refractivity contribution < 1.29 is 4.79 Å². The number of amides is 1. The number of hydrogen-bond donors (Lipinski definition) is 3. The minimum absolute atomic E-state index is 0.169. The first-order valence-electron chi connectivity index (χ1n) is 6.12. The van der Waals surface area contributed by atoms with E-state index in [0.717, 1.165) is 38.2 Å². The number of nitrogens with zero attached hydrogens (tertiary/aromatic N) is 2. The molecule has 92 valence electrons. The highest BCUT2D eigenvalue weighted by molar-refractivity contribution is 5.90. The predicted octanol–water partition coefficient (Wildman–Crippen LogP) is 0.164. The molecule has 1 aromatic heterocycles. The molecule has 1 saturated heterocycles. The van der Waals surface area contributed by atoms with Crippen LogP contribution in [-0.4, -0.2) is 39.7 Å². The summed E-state index contributed by atoms with van der Waals surface area (Å²) >= 11 is 0. The Morgan fingerprint density at radius 3 is 3.00 bits per heavy atom. The number of aromatic nitrogens is 3. The van der Waals surface area contributed by atoms with Crippen LogP contribution in [0.2, 0.25) is 0 Å². The molecule has 1 saturated carbocycles.